The molecular formula is C13H10F3NO4S2. The maximum atomic E-state index is 13.3. The topological polar surface area (TPSA) is 86.5 Å². The Morgan fingerprint density at radius 3 is 2.22 bits per heavy atom. The number of nitrogens with two attached hydrogens (primary N) is 1. The summed E-state index contributed by atoms with van der Waals surface area (Å²) in [5.74, 6) is -1.20. The summed E-state index contributed by atoms with van der Waals surface area (Å²) in [6.45, 7) is 0. The van der Waals surface area contributed by atoms with Crippen molar-refractivity contribution in [2.45, 2.75) is 11.1 Å². The summed E-state index contributed by atoms with van der Waals surface area (Å²) in [5.41, 5.74) is -0.666. The molecule has 0 saturated heterocycles. The van der Waals surface area contributed by atoms with Gasteiger partial charge in [-0.05, 0) is 5.56 Å². The molecule has 0 radical (unpaired) electrons. The van der Waals surface area contributed by atoms with Crippen molar-refractivity contribution in [3.8, 4) is 11.1 Å². The standard InChI is InChI=1S/C13H10F3NO4S2/c1-21-12(18)9-10(23(17,19)20)8(7-5-3-2-4-6-7)11(22-9)13(14,15)16/h2-6H,1H3,(H2,17,19,20). The summed E-state index contributed by atoms with van der Waals surface area (Å²) in [6, 6.07) is 7.04. The Kier molecular flexibility index (Phi) is 4.51. The zero-order chi connectivity index (χ0) is 17.4. The van der Waals surface area contributed by atoms with E-state index in [0.29, 0.717) is 0 Å². The van der Waals surface area contributed by atoms with E-state index in [-0.39, 0.29) is 16.9 Å². The number of alkyl halides is 3. The van der Waals surface area contributed by atoms with Gasteiger partial charge in [0.15, 0.2) is 0 Å². The van der Waals surface area contributed by atoms with Gasteiger partial charge in [0.25, 0.3) is 0 Å². The van der Waals surface area contributed by atoms with Crippen LogP contribution >= 0.6 is 11.3 Å². The summed E-state index contributed by atoms with van der Waals surface area (Å²) in [4.78, 5) is 8.89. The predicted octanol–water partition coefficient (Wildman–Crippen LogP) is 2.87. The summed E-state index contributed by atoms with van der Waals surface area (Å²) in [5, 5.41) is 5.05. The highest BCUT2D eigenvalue weighted by molar-refractivity contribution is 7.89. The molecule has 10 heteroatoms. The van der Waals surface area contributed by atoms with E-state index in [1.54, 1.807) is 6.07 Å². The van der Waals surface area contributed by atoms with Crippen molar-refractivity contribution in [2.75, 3.05) is 7.11 Å². The van der Waals surface area contributed by atoms with Crippen LogP contribution in [0.2, 0.25) is 0 Å². The molecule has 1 aromatic heterocycles. The summed E-state index contributed by atoms with van der Waals surface area (Å²) >= 11 is -0.0112. The SMILES string of the molecule is COC(=O)c1sc(C(F)(F)F)c(-c2ccccc2)c1S(N)(=O)=O. The van der Waals surface area contributed by atoms with Crippen molar-refractivity contribution in [2.24, 2.45) is 5.14 Å². The molecule has 2 rings (SSSR count). The van der Waals surface area contributed by atoms with E-state index in [1.165, 1.54) is 24.3 Å². The fourth-order valence-electron chi connectivity index (χ4n) is 1.98. The second-order valence-corrected chi connectivity index (χ2v) is 6.88. The monoisotopic (exact) mass is 365 g/mol. The molecule has 0 saturated carbocycles. The second-order valence-electron chi connectivity index (χ2n) is 4.36. The molecule has 5 nitrogen and oxygen atoms in total. The Morgan fingerprint density at radius 1 is 1.22 bits per heavy atom. The van der Waals surface area contributed by atoms with Gasteiger partial charge in [-0.3, -0.25) is 0 Å². The number of rotatable bonds is 3. The normalized spacial score (nSPS) is 12.2. The maximum Gasteiger partial charge on any atom is 0.426 e. The predicted molar refractivity (Wildman–Crippen MR) is 77.5 cm³/mol. The van der Waals surface area contributed by atoms with Crippen molar-refractivity contribution in [1.82, 2.24) is 0 Å². The third-order valence-electron chi connectivity index (χ3n) is 2.84. The highest BCUT2D eigenvalue weighted by Gasteiger charge is 2.42. The first kappa shape index (κ1) is 17.4. The quantitative estimate of drug-likeness (QED) is 0.848. The molecule has 0 unspecified atom stereocenters. The van der Waals surface area contributed by atoms with Crippen molar-refractivity contribution >= 4 is 27.3 Å². The van der Waals surface area contributed by atoms with Gasteiger partial charge in [0, 0.05) is 5.56 Å². The van der Waals surface area contributed by atoms with Crippen LogP contribution in [0.3, 0.4) is 0 Å². The van der Waals surface area contributed by atoms with E-state index in [1.807, 2.05) is 0 Å². The molecule has 124 valence electrons. The highest BCUT2D eigenvalue weighted by atomic mass is 32.2. The van der Waals surface area contributed by atoms with Gasteiger partial charge >= 0.3 is 12.1 Å². The van der Waals surface area contributed by atoms with Gasteiger partial charge in [-0.25, -0.2) is 18.4 Å². The second kappa shape index (κ2) is 5.95. The average Bonchev–Trinajstić information content (AvgIpc) is 2.88. The minimum absolute atomic E-state index is 0.0112. The first-order valence-corrected chi connectivity index (χ1v) is 8.34. The van der Waals surface area contributed by atoms with Crippen LogP contribution in [0.1, 0.15) is 14.5 Å². The number of methoxy groups -OCH3 is 1. The van der Waals surface area contributed by atoms with Gasteiger partial charge in [-0.2, -0.15) is 13.2 Å². The minimum atomic E-state index is -4.86. The third-order valence-corrected chi connectivity index (χ3v) is 5.16. The number of primary sulfonamides is 1. The number of halogens is 3. The van der Waals surface area contributed by atoms with Crippen LogP contribution in [0.4, 0.5) is 13.2 Å². The van der Waals surface area contributed by atoms with Gasteiger partial charge < -0.3 is 4.74 Å². The van der Waals surface area contributed by atoms with E-state index in [2.05, 4.69) is 4.74 Å². The van der Waals surface area contributed by atoms with Crippen LogP contribution in [0, 0.1) is 0 Å². The zero-order valence-corrected chi connectivity index (χ0v) is 13.2. The molecule has 0 aliphatic carbocycles. The average molecular weight is 365 g/mol. The smallest absolute Gasteiger partial charge is 0.426 e. The van der Waals surface area contributed by atoms with E-state index < -0.39 is 42.4 Å². The Hall–Kier alpha value is -1.91. The van der Waals surface area contributed by atoms with Crippen LogP contribution in [-0.4, -0.2) is 21.5 Å². The summed E-state index contributed by atoms with van der Waals surface area (Å²) in [6.07, 6.45) is -4.86. The summed E-state index contributed by atoms with van der Waals surface area (Å²) in [7, 11) is -3.66. The van der Waals surface area contributed by atoms with Gasteiger partial charge in [0.1, 0.15) is 14.6 Å². The van der Waals surface area contributed by atoms with Crippen LogP contribution in [-0.2, 0) is 20.9 Å². The molecule has 2 aromatic rings. The van der Waals surface area contributed by atoms with Crippen LogP contribution in [0.25, 0.3) is 11.1 Å². The third kappa shape index (κ3) is 3.38. The Labute approximate surface area is 133 Å². The zero-order valence-electron chi connectivity index (χ0n) is 11.5. The Balaban J connectivity index is 2.96. The largest absolute Gasteiger partial charge is 0.465 e. The van der Waals surface area contributed by atoms with Crippen molar-refractivity contribution in [3.63, 3.8) is 0 Å². The van der Waals surface area contributed by atoms with Crippen molar-refractivity contribution in [3.05, 3.63) is 40.1 Å². The number of ether oxygens (including phenoxy) is 1. The fourth-order valence-corrected chi connectivity index (χ4v) is 4.37. The van der Waals surface area contributed by atoms with Gasteiger partial charge in [-0.1, -0.05) is 30.3 Å². The van der Waals surface area contributed by atoms with Crippen molar-refractivity contribution in [1.29, 1.82) is 0 Å². The number of esters is 1. The molecule has 0 spiro atoms. The number of sulfonamides is 1. The lowest BCUT2D eigenvalue weighted by Gasteiger charge is -2.09. The van der Waals surface area contributed by atoms with E-state index in [0.717, 1.165) is 7.11 Å². The molecule has 2 N–H and O–H groups in total. The van der Waals surface area contributed by atoms with Gasteiger partial charge in [0.05, 0.1) is 7.11 Å². The number of thiophene rings is 1. The molecule has 1 aromatic carbocycles. The lowest BCUT2D eigenvalue weighted by Crippen LogP contribution is -2.17. The first-order valence-electron chi connectivity index (χ1n) is 5.98. The summed E-state index contributed by atoms with van der Waals surface area (Å²) < 4.78 is 67.9. The Bertz CT molecular complexity index is 842. The maximum absolute atomic E-state index is 13.3. The number of benzene rings is 1. The Morgan fingerprint density at radius 2 is 1.78 bits per heavy atom. The van der Waals surface area contributed by atoms with Crippen LogP contribution < -0.4 is 5.14 Å². The van der Waals surface area contributed by atoms with Crippen LogP contribution in [0.15, 0.2) is 35.2 Å². The van der Waals surface area contributed by atoms with Crippen molar-refractivity contribution < 1.29 is 31.1 Å². The molecule has 0 atom stereocenters. The number of hydrogen-bond donors (Lipinski definition) is 1. The molecule has 0 amide bonds. The number of carbonyl (C=O) groups excluding carboxylic acids is 1. The molecule has 0 aliphatic rings. The minimum Gasteiger partial charge on any atom is -0.465 e. The highest BCUT2D eigenvalue weighted by Crippen LogP contribution is 2.47. The first-order chi connectivity index (χ1) is 10.6. The number of hydrogen-bond acceptors (Lipinski definition) is 5. The molecule has 0 bridgehead atoms. The molecule has 0 fully saturated rings. The molecular weight excluding hydrogens is 355 g/mol. The lowest BCUT2D eigenvalue weighted by molar-refractivity contribution is -0.133. The van der Waals surface area contributed by atoms with Crippen LogP contribution in [0.5, 0.6) is 0 Å². The van der Waals surface area contributed by atoms with E-state index in [4.69, 9.17) is 5.14 Å². The molecule has 0 aliphatic heterocycles. The van der Waals surface area contributed by atoms with E-state index in [9.17, 15) is 26.4 Å². The molecule has 1 heterocycles. The lowest BCUT2D eigenvalue weighted by atomic mass is 10.1. The van der Waals surface area contributed by atoms with E-state index >= 15 is 0 Å². The van der Waals surface area contributed by atoms with Gasteiger partial charge in [0.2, 0.25) is 10.0 Å². The fraction of sp³-hybridized carbons (Fsp3) is 0.154. The molecule has 23 heavy (non-hydrogen) atoms. The number of carbonyl (C=O) groups is 1. The van der Waals surface area contributed by atoms with Gasteiger partial charge in [-0.15, -0.1) is 11.3 Å².